The Balaban J connectivity index is 1.90. The summed E-state index contributed by atoms with van der Waals surface area (Å²) in [5, 5.41) is 0.720. The van der Waals surface area contributed by atoms with Gasteiger partial charge in [-0.05, 0) is 60.2 Å². The van der Waals surface area contributed by atoms with Crippen LogP contribution in [0.15, 0.2) is 48.5 Å². The first-order chi connectivity index (χ1) is 10.6. The van der Waals surface area contributed by atoms with Gasteiger partial charge < -0.3 is 10.5 Å². The highest BCUT2D eigenvalue weighted by atomic mass is 35.5. The van der Waals surface area contributed by atoms with Gasteiger partial charge in [0.1, 0.15) is 5.75 Å². The Bertz CT molecular complexity index is 563. The minimum atomic E-state index is 0.327. The van der Waals surface area contributed by atoms with Crippen LogP contribution < -0.4 is 10.5 Å². The van der Waals surface area contributed by atoms with Gasteiger partial charge in [-0.2, -0.15) is 0 Å². The van der Waals surface area contributed by atoms with Crippen LogP contribution in [-0.2, 0) is 0 Å². The molecule has 0 spiro atoms. The predicted octanol–water partition coefficient (Wildman–Crippen LogP) is 4.97. The van der Waals surface area contributed by atoms with E-state index in [9.17, 15) is 0 Å². The first-order valence-corrected chi connectivity index (χ1v) is 8.16. The molecule has 2 nitrogen and oxygen atoms in total. The van der Waals surface area contributed by atoms with Crippen molar-refractivity contribution in [1.82, 2.24) is 0 Å². The summed E-state index contributed by atoms with van der Waals surface area (Å²) in [6.45, 7) is 5.69. The van der Waals surface area contributed by atoms with E-state index >= 15 is 0 Å². The Morgan fingerprint density at radius 3 is 2.09 bits per heavy atom. The van der Waals surface area contributed by atoms with Gasteiger partial charge in [-0.15, -0.1) is 0 Å². The highest BCUT2D eigenvalue weighted by molar-refractivity contribution is 6.30. The van der Waals surface area contributed by atoms with Gasteiger partial charge in [0.05, 0.1) is 6.61 Å². The van der Waals surface area contributed by atoms with Crippen LogP contribution in [0.5, 0.6) is 5.75 Å². The molecule has 2 aromatic rings. The molecular weight excluding hydrogens is 294 g/mol. The molecule has 2 aromatic carbocycles. The standard InChI is InChI=1S/C19H24ClNO/c1-14(2)15-3-5-16(6-4-15)17(13-21)11-12-22-19-9-7-18(20)8-10-19/h3-10,14,17H,11-13,21H2,1-2H3. The maximum Gasteiger partial charge on any atom is 0.119 e. The molecule has 0 saturated carbocycles. The first kappa shape index (κ1) is 16.9. The molecule has 0 amide bonds. The maximum atomic E-state index is 5.93. The quantitative estimate of drug-likeness (QED) is 0.782. The van der Waals surface area contributed by atoms with E-state index in [4.69, 9.17) is 22.1 Å². The molecule has 0 bridgehead atoms. The third-order valence-corrected chi connectivity index (χ3v) is 4.16. The Hall–Kier alpha value is -1.51. The lowest BCUT2D eigenvalue weighted by molar-refractivity contribution is 0.298. The minimum absolute atomic E-state index is 0.327. The lowest BCUT2D eigenvalue weighted by atomic mass is 9.93. The van der Waals surface area contributed by atoms with E-state index in [1.165, 1.54) is 11.1 Å². The summed E-state index contributed by atoms with van der Waals surface area (Å²) in [7, 11) is 0. The van der Waals surface area contributed by atoms with Crippen molar-refractivity contribution in [3.8, 4) is 5.75 Å². The molecule has 0 radical (unpaired) electrons. The van der Waals surface area contributed by atoms with Gasteiger partial charge in [-0.3, -0.25) is 0 Å². The van der Waals surface area contributed by atoms with Crippen LogP contribution in [0.3, 0.4) is 0 Å². The Morgan fingerprint density at radius 1 is 0.955 bits per heavy atom. The van der Waals surface area contributed by atoms with E-state index in [0.717, 1.165) is 17.2 Å². The average Bonchev–Trinajstić information content (AvgIpc) is 2.53. The zero-order valence-corrected chi connectivity index (χ0v) is 14.0. The molecule has 2 rings (SSSR count). The van der Waals surface area contributed by atoms with E-state index in [1.54, 1.807) is 0 Å². The summed E-state index contributed by atoms with van der Waals surface area (Å²) in [6, 6.07) is 16.2. The molecule has 0 aliphatic rings. The molecule has 0 aliphatic heterocycles. The fourth-order valence-electron chi connectivity index (χ4n) is 2.42. The largest absolute Gasteiger partial charge is 0.494 e. The third-order valence-electron chi connectivity index (χ3n) is 3.91. The van der Waals surface area contributed by atoms with Gasteiger partial charge in [0.2, 0.25) is 0 Å². The molecule has 0 saturated heterocycles. The van der Waals surface area contributed by atoms with Gasteiger partial charge >= 0.3 is 0 Å². The summed E-state index contributed by atoms with van der Waals surface area (Å²) in [5.41, 5.74) is 8.57. The second-order valence-electron chi connectivity index (χ2n) is 5.85. The third kappa shape index (κ3) is 4.75. The van der Waals surface area contributed by atoms with E-state index < -0.39 is 0 Å². The monoisotopic (exact) mass is 317 g/mol. The van der Waals surface area contributed by atoms with Crippen LogP contribution in [0, 0.1) is 0 Å². The van der Waals surface area contributed by atoms with Crippen LogP contribution in [0.4, 0.5) is 0 Å². The van der Waals surface area contributed by atoms with Crippen molar-refractivity contribution in [2.45, 2.75) is 32.1 Å². The molecule has 0 heterocycles. The van der Waals surface area contributed by atoms with Crippen molar-refractivity contribution in [3.63, 3.8) is 0 Å². The molecule has 22 heavy (non-hydrogen) atoms. The molecule has 0 aromatic heterocycles. The van der Waals surface area contributed by atoms with Crippen LogP contribution in [0.2, 0.25) is 5.02 Å². The maximum absolute atomic E-state index is 5.93. The molecule has 1 atom stereocenters. The van der Waals surface area contributed by atoms with Gasteiger partial charge in [0.15, 0.2) is 0 Å². The van der Waals surface area contributed by atoms with Crippen molar-refractivity contribution in [3.05, 3.63) is 64.7 Å². The lowest BCUT2D eigenvalue weighted by Gasteiger charge is -2.17. The first-order valence-electron chi connectivity index (χ1n) is 7.78. The summed E-state index contributed by atoms with van der Waals surface area (Å²) < 4.78 is 5.76. The van der Waals surface area contributed by atoms with Crippen LogP contribution >= 0.6 is 11.6 Å². The summed E-state index contributed by atoms with van der Waals surface area (Å²) in [4.78, 5) is 0. The second-order valence-corrected chi connectivity index (χ2v) is 6.28. The number of nitrogens with two attached hydrogens (primary N) is 1. The number of benzene rings is 2. The zero-order valence-electron chi connectivity index (χ0n) is 13.3. The molecule has 118 valence electrons. The van der Waals surface area contributed by atoms with Crippen molar-refractivity contribution in [2.75, 3.05) is 13.2 Å². The predicted molar refractivity (Wildman–Crippen MR) is 93.9 cm³/mol. The number of halogens is 1. The highest BCUT2D eigenvalue weighted by Gasteiger charge is 2.10. The molecule has 0 aliphatic carbocycles. The van der Waals surface area contributed by atoms with Gasteiger partial charge in [0, 0.05) is 5.02 Å². The smallest absolute Gasteiger partial charge is 0.119 e. The topological polar surface area (TPSA) is 35.2 Å². The van der Waals surface area contributed by atoms with Gasteiger partial charge in [0.25, 0.3) is 0 Å². The summed E-state index contributed by atoms with van der Waals surface area (Å²) >= 11 is 5.86. The fourth-order valence-corrected chi connectivity index (χ4v) is 2.55. The van der Waals surface area contributed by atoms with E-state index in [1.807, 2.05) is 24.3 Å². The van der Waals surface area contributed by atoms with Crippen LogP contribution in [-0.4, -0.2) is 13.2 Å². The number of hydrogen-bond acceptors (Lipinski definition) is 2. The number of ether oxygens (including phenoxy) is 1. The van der Waals surface area contributed by atoms with Crippen LogP contribution in [0.1, 0.15) is 43.2 Å². The van der Waals surface area contributed by atoms with Crippen molar-refractivity contribution >= 4 is 11.6 Å². The van der Waals surface area contributed by atoms with E-state index in [2.05, 4.69) is 38.1 Å². The normalized spacial score (nSPS) is 12.4. The van der Waals surface area contributed by atoms with Crippen molar-refractivity contribution in [2.24, 2.45) is 5.73 Å². The summed E-state index contributed by atoms with van der Waals surface area (Å²) in [5.74, 6) is 1.72. The van der Waals surface area contributed by atoms with Crippen molar-refractivity contribution in [1.29, 1.82) is 0 Å². The Labute approximate surface area is 138 Å². The van der Waals surface area contributed by atoms with Gasteiger partial charge in [-0.25, -0.2) is 0 Å². The Morgan fingerprint density at radius 2 is 1.55 bits per heavy atom. The Kier molecular flexibility index (Phi) is 6.29. The zero-order chi connectivity index (χ0) is 15.9. The highest BCUT2D eigenvalue weighted by Crippen LogP contribution is 2.23. The second kappa shape index (κ2) is 8.21. The average molecular weight is 318 g/mol. The van der Waals surface area contributed by atoms with Gasteiger partial charge in [-0.1, -0.05) is 49.7 Å². The molecule has 2 N–H and O–H groups in total. The van der Waals surface area contributed by atoms with E-state index in [-0.39, 0.29) is 0 Å². The van der Waals surface area contributed by atoms with E-state index in [0.29, 0.717) is 25.0 Å². The van der Waals surface area contributed by atoms with Crippen molar-refractivity contribution < 1.29 is 4.74 Å². The van der Waals surface area contributed by atoms with Crippen LogP contribution in [0.25, 0.3) is 0 Å². The minimum Gasteiger partial charge on any atom is -0.494 e. The molecular formula is C19H24ClNO. The fraction of sp³-hybridized carbons (Fsp3) is 0.368. The lowest BCUT2D eigenvalue weighted by Crippen LogP contribution is -2.15. The molecule has 3 heteroatoms. The SMILES string of the molecule is CC(C)c1ccc(C(CN)CCOc2ccc(Cl)cc2)cc1. The summed E-state index contributed by atoms with van der Waals surface area (Å²) in [6.07, 6.45) is 0.903. The molecule has 1 unspecified atom stereocenters. The number of rotatable bonds is 7. The number of hydrogen-bond donors (Lipinski definition) is 1. The molecule has 0 fully saturated rings.